The third-order valence-electron chi connectivity index (χ3n) is 5.44. The Hall–Kier alpha value is -1.70. The smallest absolute Gasteiger partial charge is 0.325 e. The lowest BCUT2D eigenvalue weighted by Crippen LogP contribution is -2.40. The van der Waals surface area contributed by atoms with Gasteiger partial charge in [-0.05, 0) is 39.5 Å². The first-order valence-corrected chi connectivity index (χ1v) is 13.7. The molecule has 0 radical (unpaired) electrons. The molecule has 2 aromatic heterocycles. The van der Waals surface area contributed by atoms with Gasteiger partial charge in [0.05, 0.1) is 25.7 Å². The third kappa shape index (κ3) is 6.65. The molecule has 2 rings (SSSR count). The Kier molecular flexibility index (Phi) is 10.9. The molecule has 0 atom stereocenters. The second-order valence-electron chi connectivity index (χ2n) is 7.94. The Balaban J connectivity index is 2.18. The summed E-state index contributed by atoms with van der Waals surface area (Å²) in [4.78, 5) is 30.5. The summed E-state index contributed by atoms with van der Waals surface area (Å²) in [6, 6.07) is 0. The molecule has 10 heteroatoms. The van der Waals surface area contributed by atoms with Gasteiger partial charge in [0.15, 0.2) is 11.2 Å². The first kappa shape index (κ1) is 26.6. The number of hydrogen-bond donors (Lipinski definition) is 0. The molecule has 0 saturated heterocycles. The highest BCUT2D eigenvalue weighted by atomic mass is 31.2. The van der Waals surface area contributed by atoms with Gasteiger partial charge in [0.25, 0.3) is 5.56 Å². The number of aromatic nitrogens is 4. The molecule has 32 heavy (non-hydrogen) atoms. The van der Waals surface area contributed by atoms with E-state index in [1.54, 1.807) is 10.9 Å². The Morgan fingerprint density at radius 1 is 0.844 bits per heavy atom. The molecule has 0 aliphatic carbocycles. The van der Waals surface area contributed by atoms with Crippen LogP contribution in [0.1, 0.15) is 72.6 Å². The summed E-state index contributed by atoms with van der Waals surface area (Å²) < 4.78 is 28.1. The zero-order valence-corrected chi connectivity index (χ0v) is 20.9. The first-order valence-electron chi connectivity index (χ1n) is 12.0. The van der Waals surface area contributed by atoms with E-state index in [-0.39, 0.29) is 11.2 Å². The molecule has 0 aromatic carbocycles. The van der Waals surface area contributed by atoms with Gasteiger partial charge in [-0.1, -0.05) is 33.1 Å². The summed E-state index contributed by atoms with van der Waals surface area (Å²) in [6.45, 7) is 10.0. The monoisotopic (exact) mass is 470 g/mol. The molecule has 0 amide bonds. The Morgan fingerprint density at radius 3 is 2.06 bits per heavy atom. The molecule has 182 valence electrons. The van der Waals surface area contributed by atoms with Crippen LogP contribution in [-0.4, -0.2) is 38.1 Å². The molecule has 0 fully saturated rings. The van der Waals surface area contributed by atoms with Gasteiger partial charge >= 0.3 is 13.3 Å². The van der Waals surface area contributed by atoms with Crippen LogP contribution in [-0.2, 0) is 33.2 Å². The summed E-state index contributed by atoms with van der Waals surface area (Å²) in [5, 5.41) is 0. The average Bonchev–Trinajstić information content (AvgIpc) is 3.17. The van der Waals surface area contributed by atoms with E-state index in [9.17, 15) is 14.2 Å². The predicted octanol–water partition coefficient (Wildman–Crippen LogP) is 4.40. The molecule has 0 bridgehead atoms. The van der Waals surface area contributed by atoms with Crippen molar-refractivity contribution in [2.24, 2.45) is 0 Å². The average molecular weight is 471 g/mol. The van der Waals surface area contributed by atoms with Crippen LogP contribution in [0.2, 0.25) is 0 Å². The van der Waals surface area contributed by atoms with Crippen molar-refractivity contribution in [2.45, 2.75) is 92.3 Å². The van der Waals surface area contributed by atoms with Crippen LogP contribution in [0.3, 0.4) is 0 Å². The predicted molar refractivity (Wildman–Crippen MR) is 128 cm³/mol. The van der Waals surface area contributed by atoms with Crippen molar-refractivity contribution in [3.8, 4) is 0 Å². The topological polar surface area (TPSA) is 97.3 Å². The second-order valence-corrected chi connectivity index (χ2v) is 10.1. The fourth-order valence-corrected chi connectivity index (χ4v) is 5.49. The number of imidazole rings is 1. The van der Waals surface area contributed by atoms with E-state index in [4.69, 9.17) is 9.05 Å². The molecule has 0 aliphatic heterocycles. The Bertz CT molecular complexity index is 1000. The zero-order chi connectivity index (χ0) is 23.6. The SMILES string of the molecule is CCCCn1c(=O)c2c(ncn2CCCCCP(=O)(OCC)OCC)n(CCCC)c1=O. The minimum absolute atomic E-state index is 0.263. The highest BCUT2D eigenvalue weighted by Gasteiger charge is 2.22. The molecule has 0 spiro atoms. The van der Waals surface area contributed by atoms with Crippen LogP contribution in [0.15, 0.2) is 15.9 Å². The standard InChI is InChI=1S/C22H39N4O5P/c1-5-9-15-25-20-19(21(27)26(22(25)28)16-10-6-2)24(18-23-20)14-12-11-13-17-32(29,30-7-3)31-8-4/h18H,5-17H2,1-4H3. The normalized spacial score (nSPS) is 12.1. The highest BCUT2D eigenvalue weighted by Crippen LogP contribution is 2.48. The molecular weight excluding hydrogens is 431 g/mol. The maximum absolute atomic E-state index is 13.1. The van der Waals surface area contributed by atoms with Crippen LogP contribution in [0.25, 0.3) is 11.2 Å². The molecule has 0 saturated carbocycles. The Morgan fingerprint density at radius 2 is 1.47 bits per heavy atom. The van der Waals surface area contributed by atoms with Crippen molar-refractivity contribution in [1.29, 1.82) is 0 Å². The maximum Gasteiger partial charge on any atom is 0.332 e. The second kappa shape index (κ2) is 13.1. The van der Waals surface area contributed by atoms with Crippen molar-refractivity contribution in [2.75, 3.05) is 19.4 Å². The van der Waals surface area contributed by atoms with Gasteiger partial charge in [-0.2, -0.15) is 0 Å². The highest BCUT2D eigenvalue weighted by molar-refractivity contribution is 7.53. The van der Waals surface area contributed by atoms with Crippen LogP contribution < -0.4 is 11.2 Å². The number of fused-ring (bicyclic) bond motifs is 1. The summed E-state index contributed by atoms with van der Waals surface area (Å²) >= 11 is 0. The van der Waals surface area contributed by atoms with E-state index < -0.39 is 7.60 Å². The summed E-state index contributed by atoms with van der Waals surface area (Å²) in [6.07, 6.45) is 7.88. The lowest BCUT2D eigenvalue weighted by atomic mass is 10.2. The van der Waals surface area contributed by atoms with E-state index in [1.807, 2.05) is 25.3 Å². The van der Waals surface area contributed by atoms with E-state index in [1.165, 1.54) is 4.57 Å². The van der Waals surface area contributed by atoms with Gasteiger partial charge in [-0.3, -0.25) is 18.5 Å². The molecule has 0 aliphatic rings. The number of hydrogen-bond acceptors (Lipinski definition) is 6. The van der Waals surface area contributed by atoms with Gasteiger partial charge < -0.3 is 13.6 Å². The molecule has 2 aromatic rings. The quantitative estimate of drug-likeness (QED) is 0.267. The van der Waals surface area contributed by atoms with Gasteiger partial charge in [0, 0.05) is 19.6 Å². The first-order chi connectivity index (χ1) is 15.4. The van der Waals surface area contributed by atoms with E-state index in [2.05, 4.69) is 11.9 Å². The van der Waals surface area contributed by atoms with Crippen LogP contribution in [0, 0.1) is 0 Å². The van der Waals surface area contributed by atoms with Gasteiger partial charge in [0.2, 0.25) is 0 Å². The molecule has 0 N–H and O–H groups in total. The van der Waals surface area contributed by atoms with Gasteiger partial charge in [-0.15, -0.1) is 0 Å². The molecule has 2 heterocycles. The minimum atomic E-state index is -3.02. The molecular formula is C22H39N4O5P. The molecule has 9 nitrogen and oxygen atoms in total. The van der Waals surface area contributed by atoms with Crippen LogP contribution >= 0.6 is 7.60 Å². The minimum Gasteiger partial charge on any atom is -0.325 e. The molecule has 0 unspecified atom stereocenters. The summed E-state index contributed by atoms with van der Waals surface area (Å²) in [5.74, 6) is 0. The summed E-state index contributed by atoms with van der Waals surface area (Å²) in [7, 11) is -3.02. The van der Waals surface area contributed by atoms with Crippen molar-refractivity contribution in [3.05, 3.63) is 27.2 Å². The van der Waals surface area contributed by atoms with E-state index in [0.29, 0.717) is 56.6 Å². The lowest BCUT2D eigenvalue weighted by Gasteiger charge is -2.16. The third-order valence-corrected chi connectivity index (χ3v) is 7.60. The fourth-order valence-electron chi connectivity index (χ4n) is 3.76. The van der Waals surface area contributed by atoms with Gasteiger partial charge in [-0.25, -0.2) is 9.78 Å². The maximum atomic E-state index is 13.1. The zero-order valence-electron chi connectivity index (χ0n) is 20.0. The fraction of sp³-hybridized carbons (Fsp3) is 0.773. The van der Waals surface area contributed by atoms with E-state index >= 15 is 0 Å². The number of nitrogens with zero attached hydrogens (tertiary/aromatic N) is 4. The van der Waals surface area contributed by atoms with Gasteiger partial charge in [0.1, 0.15) is 0 Å². The van der Waals surface area contributed by atoms with Crippen molar-refractivity contribution in [3.63, 3.8) is 0 Å². The number of rotatable bonds is 16. The summed E-state index contributed by atoms with van der Waals surface area (Å²) in [5.41, 5.74) is 0.433. The van der Waals surface area contributed by atoms with Crippen LogP contribution in [0.5, 0.6) is 0 Å². The number of aryl methyl sites for hydroxylation is 2. The Labute approximate surface area is 190 Å². The van der Waals surface area contributed by atoms with Crippen LogP contribution in [0.4, 0.5) is 0 Å². The van der Waals surface area contributed by atoms with Crippen molar-refractivity contribution >= 4 is 18.8 Å². The van der Waals surface area contributed by atoms with Crippen molar-refractivity contribution < 1.29 is 13.6 Å². The van der Waals surface area contributed by atoms with E-state index in [0.717, 1.165) is 38.5 Å². The largest absolute Gasteiger partial charge is 0.332 e. The lowest BCUT2D eigenvalue weighted by molar-refractivity contribution is 0.219. The van der Waals surface area contributed by atoms with Crippen molar-refractivity contribution in [1.82, 2.24) is 18.7 Å². The number of unbranched alkanes of at least 4 members (excludes halogenated alkanes) is 4.